The number of halogens is 1. The van der Waals surface area contributed by atoms with E-state index in [-0.39, 0.29) is 17.8 Å². The molecule has 1 unspecified atom stereocenters. The zero-order valence-corrected chi connectivity index (χ0v) is 14.0. The van der Waals surface area contributed by atoms with E-state index >= 15 is 0 Å². The molecule has 2 aromatic carbocycles. The van der Waals surface area contributed by atoms with Gasteiger partial charge in [-0.2, -0.15) is 4.98 Å². The minimum Gasteiger partial charge on any atom is -0.350 e. The van der Waals surface area contributed by atoms with Crippen molar-refractivity contribution in [2.75, 3.05) is 0 Å². The lowest BCUT2D eigenvalue weighted by molar-refractivity contribution is 0.0939. The highest BCUT2D eigenvalue weighted by molar-refractivity contribution is 5.95. The van der Waals surface area contributed by atoms with Crippen molar-refractivity contribution in [1.82, 2.24) is 15.5 Å². The van der Waals surface area contributed by atoms with Crippen molar-refractivity contribution in [3.8, 4) is 22.8 Å². The predicted molar refractivity (Wildman–Crippen MR) is 92.3 cm³/mol. The predicted octanol–water partition coefficient (Wildman–Crippen LogP) is 4.07. The Morgan fingerprint density at radius 3 is 2.68 bits per heavy atom. The number of nitrogens with zero attached hydrogens (tertiary/aromatic N) is 2. The fourth-order valence-electron chi connectivity index (χ4n) is 2.26. The van der Waals surface area contributed by atoms with Gasteiger partial charge in [-0.15, -0.1) is 0 Å². The molecule has 5 nitrogen and oxygen atoms in total. The topological polar surface area (TPSA) is 68.0 Å². The maximum atomic E-state index is 13.0. The highest BCUT2D eigenvalue weighted by Gasteiger charge is 2.14. The summed E-state index contributed by atoms with van der Waals surface area (Å²) < 4.78 is 18.3. The van der Waals surface area contributed by atoms with E-state index in [1.165, 1.54) is 12.1 Å². The first-order valence-electron chi connectivity index (χ1n) is 8.07. The Kier molecular flexibility index (Phi) is 4.88. The molecular weight excluding hydrogens is 321 g/mol. The Labute approximate surface area is 144 Å². The molecule has 1 atom stereocenters. The molecule has 3 aromatic rings. The van der Waals surface area contributed by atoms with Crippen LogP contribution >= 0.6 is 0 Å². The average molecular weight is 339 g/mol. The smallest absolute Gasteiger partial charge is 0.258 e. The number of nitrogens with one attached hydrogen (secondary N) is 1. The second kappa shape index (κ2) is 7.25. The van der Waals surface area contributed by atoms with Gasteiger partial charge in [0.05, 0.1) is 0 Å². The van der Waals surface area contributed by atoms with Crippen molar-refractivity contribution in [2.24, 2.45) is 0 Å². The van der Waals surface area contributed by atoms with Crippen molar-refractivity contribution in [2.45, 2.75) is 26.3 Å². The van der Waals surface area contributed by atoms with Gasteiger partial charge in [-0.25, -0.2) is 4.39 Å². The first-order chi connectivity index (χ1) is 12.1. The van der Waals surface area contributed by atoms with Crippen molar-refractivity contribution in [3.63, 3.8) is 0 Å². The van der Waals surface area contributed by atoms with Crippen LogP contribution < -0.4 is 5.32 Å². The largest absolute Gasteiger partial charge is 0.350 e. The summed E-state index contributed by atoms with van der Waals surface area (Å²) in [5, 5.41) is 6.84. The molecule has 0 aliphatic heterocycles. The van der Waals surface area contributed by atoms with Crippen LogP contribution in [0.2, 0.25) is 0 Å². The van der Waals surface area contributed by atoms with E-state index in [0.29, 0.717) is 28.4 Å². The first kappa shape index (κ1) is 16.8. The molecule has 1 amide bonds. The first-order valence-corrected chi connectivity index (χ1v) is 8.07. The van der Waals surface area contributed by atoms with Gasteiger partial charge in [-0.3, -0.25) is 4.79 Å². The van der Waals surface area contributed by atoms with Crippen LogP contribution in [-0.2, 0) is 0 Å². The van der Waals surface area contributed by atoms with E-state index in [0.717, 1.165) is 6.42 Å². The van der Waals surface area contributed by atoms with Crippen LogP contribution in [0.5, 0.6) is 0 Å². The molecule has 0 bridgehead atoms. The Bertz CT molecular complexity index is 874. The Hall–Kier alpha value is -3.02. The highest BCUT2D eigenvalue weighted by Crippen LogP contribution is 2.23. The fourth-order valence-corrected chi connectivity index (χ4v) is 2.26. The van der Waals surface area contributed by atoms with Crippen molar-refractivity contribution >= 4 is 5.91 Å². The number of benzene rings is 2. The summed E-state index contributed by atoms with van der Waals surface area (Å²) in [6.45, 7) is 3.96. The fraction of sp³-hybridized carbons (Fsp3) is 0.211. The van der Waals surface area contributed by atoms with Crippen LogP contribution in [0.4, 0.5) is 4.39 Å². The monoisotopic (exact) mass is 339 g/mol. The lowest BCUT2D eigenvalue weighted by Gasteiger charge is -2.11. The standard InChI is InChI=1S/C19H18FN3O2/c1-3-12(2)21-18(24)14-5-4-6-15(11-14)19-22-17(23-25-19)13-7-9-16(20)10-8-13/h4-12H,3H2,1-2H3,(H,21,24). The molecular formula is C19H18FN3O2. The van der Waals surface area contributed by atoms with Gasteiger partial charge in [-0.1, -0.05) is 18.1 Å². The van der Waals surface area contributed by atoms with Crippen LogP contribution in [0.15, 0.2) is 53.1 Å². The van der Waals surface area contributed by atoms with Gasteiger partial charge in [-0.05, 0) is 55.8 Å². The van der Waals surface area contributed by atoms with Crippen LogP contribution in [0.25, 0.3) is 22.8 Å². The summed E-state index contributed by atoms with van der Waals surface area (Å²) >= 11 is 0. The Morgan fingerprint density at radius 1 is 1.20 bits per heavy atom. The molecule has 0 saturated carbocycles. The molecule has 0 saturated heterocycles. The van der Waals surface area contributed by atoms with E-state index in [1.807, 2.05) is 13.8 Å². The van der Waals surface area contributed by atoms with E-state index < -0.39 is 0 Å². The molecule has 0 aliphatic carbocycles. The van der Waals surface area contributed by atoms with Crippen LogP contribution in [0, 0.1) is 5.82 Å². The molecule has 0 aliphatic rings. The van der Waals surface area contributed by atoms with Gasteiger partial charge in [0.15, 0.2) is 0 Å². The highest BCUT2D eigenvalue weighted by atomic mass is 19.1. The summed E-state index contributed by atoms with van der Waals surface area (Å²) in [5.41, 5.74) is 1.83. The zero-order chi connectivity index (χ0) is 17.8. The molecule has 0 fully saturated rings. The number of rotatable bonds is 5. The molecule has 0 spiro atoms. The molecule has 3 rings (SSSR count). The third-order valence-electron chi connectivity index (χ3n) is 3.89. The Morgan fingerprint density at radius 2 is 1.96 bits per heavy atom. The van der Waals surface area contributed by atoms with Crippen molar-refractivity contribution in [1.29, 1.82) is 0 Å². The Balaban J connectivity index is 1.84. The van der Waals surface area contributed by atoms with Crippen LogP contribution in [0.3, 0.4) is 0 Å². The zero-order valence-electron chi connectivity index (χ0n) is 14.0. The molecule has 6 heteroatoms. The molecule has 25 heavy (non-hydrogen) atoms. The van der Waals surface area contributed by atoms with E-state index in [4.69, 9.17) is 4.52 Å². The molecule has 1 aromatic heterocycles. The minimum absolute atomic E-state index is 0.102. The van der Waals surface area contributed by atoms with Crippen molar-refractivity contribution < 1.29 is 13.7 Å². The van der Waals surface area contributed by atoms with E-state index in [9.17, 15) is 9.18 Å². The normalized spacial score (nSPS) is 12.0. The van der Waals surface area contributed by atoms with E-state index in [2.05, 4.69) is 15.5 Å². The van der Waals surface area contributed by atoms with Gasteiger partial charge in [0.25, 0.3) is 11.8 Å². The lowest BCUT2D eigenvalue weighted by Crippen LogP contribution is -2.31. The maximum Gasteiger partial charge on any atom is 0.258 e. The molecule has 1 heterocycles. The second-order valence-electron chi connectivity index (χ2n) is 5.79. The molecule has 128 valence electrons. The quantitative estimate of drug-likeness (QED) is 0.761. The number of amides is 1. The number of hydrogen-bond acceptors (Lipinski definition) is 4. The van der Waals surface area contributed by atoms with Crippen LogP contribution in [0.1, 0.15) is 30.6 Å². The number of hydrogen-bond donors (Lipinski definition) is 1. The van der Waals surface area contributed by atoms with Crippen LogP contribution in [-0.4, -0.2) is 22.1 Å². The average Bonchev–Trinajstić information content (AvgIpc) is 3.12. The van der Waals surface area contributed by atoms with Crippen molar-refractivity contribution in [3.05, 3.63) is 59.9 Å². The molecule has 0 radical (unpaired) electrons. The summed E-state index contributed by atoms with van der Waals surface area (Å²) in [6, 6.07) is 12.9. The van der Waals surface area contributed by atoms with Gasteiger partial charge in [0.1, 0.15) is 5.82 Å². The summed E-state index contributed by atoms with van der Waals surface area (Å²) in [7, 11) is 0. The second-order valence-corrected chi connectivity index (χ2v) is 5.79. The summed E-state index contributed by atoms with van der Waals surface area (Å²) in [6.07, 6.45) is 0.857. The maximum absolute atomic E-state index is 13.0. The minimum atomic E-state index is -0.326. The number of aromatic nitrogens is 2. The summed E-state index contributed by atoms with van der Waals surface area (Å²) in [5.74, 6) is 0.198. The van der Waals surface area contributed by atoms with Gasteiger partial charge in [0.2, 0.25) is 5.82 Å². The summed E-state index contributed by atoms with van der Waals surface area (Å²) in [4.78, 5) is 16.6. The third-order valence-corrected chi connectivity index (χ3v) is 3.89. The third kappa shape index (κ3) is 3.91. The van der Waals surface area contributed by atoms with Gasteiger partial charge in [0, 0.05) is 22.7 Å². The number of carbonyl (C=O) groups excluding carboxylic acids is 1. The molecule has 1 N–H and O–H groups in total. The van der Waals surface area contributed by atoms with E-state index in [1.54, 1.807) is 36.4 Å². The van der Waals surface area contributed by atoms with Gasteiger partial charge < -0.3 is 9.84 Å². The SMILES string of the molecule is CCC(C)NC(=O)c1cccc(-c2nc(-c3ccc(F)cc3)no2)c1. The lowest BCUT2D eigenvalue weighted by atomic mass is 10.1. The number of carbonyl (C=O) groups is 1. The van der Waals surface area contributed by atoms with Gasteiger partial charge >= 0.3 is 0 Å².